The van der Waals surface area contributed by atoms with Gasteiger partial charge in [-0.3, -0.25) is 0 Å². The number of rotatable bonds is 8. The fourth-order valence-corrected chi connectivity index (χ4v) is 3.15. The Morgan fingerprint density at radius 1 is 0.963 bits per heavy atom. The van der Waals surface area contributed by atoms with Gasteiger partial charge in [0.2, 0.25) is 0 Å². The second-order valence-corrected chi connectivity index (χ2v) is 6.82. The molecule has 0 aromatic heterocycles. The minimum absolute atomic E-state index is 0.207. The van der Waals surface area contributed by atoms with Gasteiger partial charge in [0.1, 0.15) is 6.61 Å². The fraction of sp³-hybridized carbons (Fsp3) is 0.217. The van der Waals surface area contributed by atoms with Crippen molar-refractivity contribution in [3.63, 3.8) is 0 Å². The van der Waals surface area contributed by atoms with E-state index in [2.05, 4.69) is 24.4 Å². The van der Waals surface area contributed by atoms with Crippen LogP contribution in [0, 0.1) is 0 Å². The van der Waals surface area contributed by atoms with Crippen molar-refractivity contribution in [2.45, 2.75) is 26.1 Å². The number of nitrogens with one attached hydrogen (secondary N) is 1. The summed E-state index contributed by atoms with van der Waals surface area (Å²) in [4.78, 5) is 0. The van der Waals surface area contributed by atoms with Crippen molar-refractivity contribution in [1.82, 2.24) is 5.32 Å². The van der Waals surface area contributed by atoms with Crippen molar-refractivity contribution in [3.05, 3.63) is 94.5 Å². The Labute approximate surface area is 165 Å². The molecule has 0 amide bonds. The van der Waals surface area contributed by atoms with Gasteiger partial charge in [-0.25, -0.2) is 0 Å². The maximum absolute atomic E-state index is 6.29. The van der Waals surface area contributed by atoms with Gasteiger partial charge in [-0.1, -0.05) is 72.3 Å². The average molecular weight is 382 g/mol. The third-order valence-electron chi connectivity index (χ3n) is 4.44. The molecule has 0 fully saturated rings. The van der Waals surface area contributed by atoms with Gasteiger partial charge in [0.05, 0.1) is 7.11 Å². The predicted molar refractivity (Wildman–Crippen MR) is 110 cm³/mol. The molecule has 140 valence electrons. The van der Waals surface area contributed by atoms with Crippen LogP contribution in [-0.2, 0) is 13.2 Å². The Balaban J connectivity index is 1.77. The summed E-state index contributed by atoms with van der Waals surface area (Å²) in [5.74, 6) is 1.36. The molecule has 0 aliphatic carbocycles. The van der Waals surface area contributed by atoms with Crippen molar-refractivity contribution in [2.24, 2.45) is 0 Å². The van der Waals surface area contributed by atoms with Gasteiger partial charge in [-0.15, -0.1) is 0 Å². The zero-order valence-electron chi connectivity index (χ0n) is 15.6. The first-order valence-electron chi connectivity index (χ1n) is 8.99. The van der Waals surface area contributed by atoms with Crippen molar-refractivity contribution < 1.29 is 9.47 Å². The molecule has 3 aromatic carbocycles. The van der Waals surface area contributed by atoms with E-state index in [1.165, 1.54) is 5.56 Å². The highest BCUT2D eigenvalue weighted by Gasteiger charge is 2.14. The third kappa shape index (κ3) is 5.25. The highest BCUT2D eigenvalue weighted by atomic mass is 35.5. The Kier molecular flexibility index (Phi) is 6.74. The van der Waals surface area contributed by atoms with Gasteiger partial charge >= 0.3 is 0 Å². The summed E-state index contributed by atoms with van der Waals surface area (Å²) >= 11 is 6.29. The summed E-state index contributed by atoms with van der Waals surface area (Å²) < 4.78 is 11.6. The molecular weight excluding hydrogens is 358 g/mol. The van der Waals surface area contributed by atoms with E-state index in [0.29, 0.717) is 23.9 Å². The molecule has 3 rings (SSSR count). The van der Waals surface area contributed by atoms with Crippen LogP contribution in [-0.4, -0.2) is 7.11 Å². The predicted octanol–water partition coefficient (Wildman–Crippen LogP) is 5.78. The Morgan fingerprint density at radius 3 is 2.30 bits per heavy atom. The van der Waals surface area contributed by atoms with E-state index in [0.717, 1.165) is 16.9 Å². The highest BCUT2D eigenvalue weighted by Crippen LogP contribution is 2.35. The van der Waals surface area contributed by atoms with E-state index in [1.54, 1.807) is 13.2 Å². The zero-order chi connectivity index (χ0) is 19.1. The lowest BCUT2D eigenvalue weighted by Gasteiger charge is -2.19. The maximum atomic E-state index is 6.29. The first-order chi connectivity index (χ1) is 13.2. The molecule has 0 saturated carbocycles. The summed E-state index contributed by atoms with van der Waals surface area (Å²) in [5.41, 5.74) is 3.31. The fourth-order valence-electron chi connectivity index (χ4n) is 2.92. The lowest BCUT2D eigenvalue weighted by Crippen LogP contribution is -2.18. The summed E-state index contributed by atoms with van der Waals surface area (Å²) in [6.07, 6.45) is 0. The first kappa shape index (κ1) is 19.3. The van der Waals surface area contributed by atoms with Gasteiger partial charge in [-0.05, 0) is 24.1 Å². The summed E-state index contributed by atoms with van der Waals surface area (Å²) in [5, 5.41) is 4.17. The summed E-state index contributed by atoms with van der Waals surface area (Å²) in [6.45, 7) is 3.23. The topological polar surface area (TPSA) is 30.5 Å². The van der Waals surface area contributed by atoms with Gasteiger partial charge in [0.25, 0.3) is 0 Å². The molecule has 1 atom stereocenters. The number of ether oxygens (including phenoxy) is 2. The first-order valence-corrected chi connectivity index (χ1v) is 9.36. The highest BCUT2D eigenvalue weighted by molar-refractivity contribution is 6.30. The van der Waals surface area contributed by atoms with Crippen molar-refractivity contribution in [3.8, 4) is 11.5 Å². The molecule has 1 unspecified atom stereocenters. The quantitative estimate of drug-likeness (QED) is 0.536. The van der Waals surface area contributed by atoms with Crippen LogP contribution in [0.25, 0.3) is 0 Å². The van der Waals surface area contributed by atoms with E-state index in [4.69, 9.17) is 21.1 Å². The van der Waals surface area contributed by atoms with Crippen LogP contribution >= 0.6 is 11.6 Å². The average Bonchev–Trinajstić information content (AvgIpc) is 2.72. The van der Waals surface area contributed by atoms with E-state index >= 15 is 0 Å². The van der Waals surface area contributed by atoms with E-state index in [9.17, 15) is 0 Å². The van der Waals surface area contributed by atoms with Crippen LogP contribution in [0.15, 0.2) is 72.8 Å². The molecule has 4 heteroatoms. The Bertz CT molecular complexity index is 853. The van der Waals surface area contributed by atoms with Gasteiger partial charge in [0, 0.05) is 29.2 Å². The molecule has 0 bridgehead atoms. The van der Waals surface area contributed by atoms with Gasteiger partial charge < -0.3 is 14.8 Å². The zero-order valence-corrected chi connectivity index (χ0v) is 16.4. The van der Waals surface area contributed by atoms with Gasteiger partial charge in [-0.2, -0.15) is 0 Å². The Hall–Kier alpha value is -2.49. The number of hydrogen-bond acceptors (Lipinski definition) is 3. The lowest BCUT2D eigenvalue weighted by atomic mass is 10.1. The molecule has 27 heavy (non-hydrogen) atoms. The Morgan fingerprint density at radius 2 is 1.63 bits per heavy atom. The van der Waals surface area contributed by atoms with Crippen molar-refractivity contribution >= 4 is 11.6 Å². The number of halogens is 1. The SMILES string of the molecule is COc1cc(Cl)cc(CNC(C)c2ccccc2)c1OCc1ccccc1. The lowest BCUT2D eigenvalue weighted by molar-refractivity contribution is 0.280. The monoisotopic (exact) mass is 381 g/mol. The molecule has 0 aliphatic heterocycles. The third-order valence-corrected chi connectivity index (χ3v) is 4.66. The molecule has 0 heterocycles. The molecule has 3 nitrogen and oxygen atoms in total. The number of hydrogen-bond donors (Lipinski definition) is 1. The summed E-state index contributed by atoms with van der Waals surface area (Å²) in [6, 6.07) is 24.3. The molecule has 1 N–H and O–H groups in total. The van der Waals surface area contributed by atoms with Crippen LogP contribution in [0.5, 0.6) is 11.5 Å². The standard InChI is InChI=1S/C23H24ClNO2/c1-17(19-11-7-4-8-12-19)25-15-20-13-21(24)14-22(26-2)23(20)27-16-18-9-5-3-6-10-18/h3-14,17,25H,15-16H2,1-2H3. The number of benzene rings is 3. The largest absolute Gasteiger partial charge is 0.493 e. The minimum Gasteiger partial charge on any atom is -0.493 e. The molecule has 3 aromatic rings. The number of methoxy groups -OCH3 is 1. The smallest absolute Gasteiger partial charge is 0.166 e. The molecule has 0 saturated heterocycles. The molecule has 0 spiro atoms. The minimum atomic E-state index is 0.207. The van der Waals surface area contributed by atoms with Crippen LogP contribution in [0.2, 0.25) is 5.02 Å². The molecule has 0 aliphatic rings. The summed E-state index contributed by atoms with van der Waals surface area (Å²) in [7, 11) is 1.63. The van der Waals surface area contributed by atoms with Crippen LogP contribution in [0.1, 0.15) is 29.7 Å². The van der Waals surface area contributed by atoms with Crippen LogP contribution in [0.4, 0.5) is 0 Å². The van der Waals surface area contributed by atoms with Crippen LogP contribution < -0.4 is 14.8 Å². The van der Waals surface area contributed by atoms with E-state index in [1.807, 2.05) is 54.6 Å². The normalized spacial score (nSPS) is 11.8. The molecule has 0 radical (unpaired) electrons. The van der Waals surface area contributed by atoms with Gasteiger partial charge in [0.15, 0.2) is 11.5 Å². The second-order valence-electron chi connectivity index (χ2n) is 6.38. The maximum Gasteiger partial charge on any atom is 0.166 e. The van der Waals surface area contributed by atoms with E-state index in [-0.39, 0.29) is 6.04 Å². The molecular formula is C23H24ClNO2. The van der Waals surface area contributed by atoms with Crippen LogP contribution in [0.3, 0.4) is 0 Å². The second kappa shape index (κ2) is 9.45. The van der Waals surface area contributed by atoms with Crippen molar-refractivity contribution in [2.75, 3.05) is 7.11 Å². The van der Waals surface area contributed by atoms with E-state index < -0.39 is 0 Å². The van der Waals surface area contributed by atoms with Crippen molar-refractivity contribution in [1.29, 1.82) is 0 Å².